The number of rotatable bonds is 5. The fraction of sp³-hybridized carbons (Fsp3) is 0.571. The molecule has 1 atom stereocenters. The van der Waals surface area contributed by atoms with Gasteiger partial charge in [0.2, 0.25) is 0 Å². The first-order chi connectivity index (χ1) is 8.70. The Hall–Kier alpha value is -0.740. The Labute approximate surface area is 117 Å². The molecular weight excluding hydrogens is 294 g/mol. The lowest BCUT2D eigenvalue weighted by molar-refractivity contribution is 0.172. The van der Waals surface area contributed by atoms with Gasteiger partial charge in [-0.1, -0.05) is 0 Å². The minimum atomic E-state index is 0.474. The van der Waals surface area contributed by atoms with E-state index in [0.29, 0.717) is 6.04 Å². The second kappa shape index (κ2) is 6.43. The first-order valence-corrected chi connectivity index (χ1v) is 7.20. The maximum atomic E-state index is 5.87. The minimum absolute atomic E-state index is 0.474. The van der Waals surface area contributed by atoms with E-state index in [0.717, 1.165) is 22.6 Å². The standard InChI is InChI=1S/C14H20BrNO2/c1-11(16-7-3-4-8-16)10-18-14-6-5-12(17-2)9-13(14)15/h5-6,9,11H,3-4,7-8,10H2,1-2H3. The number of methoxy groups -OCH3 is 1. The van der Waals surface area contributed by atoms with Crippen LogP contribution in [0.25, 0.3) is 0 Å². The van der Waals surface area contributed by atoms with E-state index in [4.69, 9.17) is 9.47 Å². The smallest absolute Gasteiger partial charge is 0.133 e. The molecule has 0 spiro atoms. The van der Waals surface area contributed by atoms with Crippen molar-refractivity contribution in [3.8, 4) is 11.5 Å². The molecule has 1 saturated heterocycles. The summed E-state index contributed by atoms with van der Waals surface area (Å²) in [4.78, 5) is 2.48. The Kier molecular flexibility index (Phi) is 4.89. The lowest BCUT2D eigenvalue weighted by Gasteiger charge is -2.24. The maximum absolute atomic E-state index is 5.87. The Morgan fingerprint density at radius 3 is 2.67 bits per heavy atom. The first kappa shape index (κ1) is 13.7. The van der Waals surface area contributed by atoms with Crippen LogP contribution >= 0.6 is 15.9 Å². The highest BCUT2D eigenvalue weighted by atomic mass is 79.9. The average Bonchev–Trinajstić information content (AvgIpc) is 2.90. The number of hydrogen-bond acceptors (Lipinski definition) is 3. The molecular formula is C14H20BrNO2. The summed E-state index contributed by atoms with van der Waals surface area (Å²) in [5, 5.41) is 0. The van der Waals surface area contributed by atoms with Crippen LogP contribution < -0.4 is 9.47 Å². The fourth-order valence-electron chi connectivity index (χ4n) is 2.22. The molecule has 0 aliphatic carbocycles. The predicted molar refractivity (Wildman–Crippen MR) is 76.5 cm³/mol. The van der Waals surface area contributed by atoms with E-state index in [1.807, 2.05) is 18.2 Å². The predicted octanol–water partition coefficient (Wildman–Crippen LogP) is 3.32. The van der Waals surface area contributed by atoms with Crippen LogP contribution in [0.2, 0.25) is 0 Å². The number of halogens is 1. The molecule has 4 heteroatoms. The molecule has 1 heterocycles. The number of hydrogen-bond donors (Lipinski definition) is 0. The Balaban J connectivity index is 1.89. The first-order valence-electron chi connectivity index (χ1n) is 6.41. The van der Waals surface area contributed by atoms with Crippen LogP contribution in [-0.2, 0) is 0 Å². The summed E-state index contributed by atoms with van der Waals surface area (Å²) in [7, 11) is 1.66. The summed E-state index contributed by atoms with van der Waals surface area (Å²) >= 11 is 3.50. The van der Waals surface area contributed by atoms with Gasteiger partial charge in [0.15, 0.2) is 0 Å². The molecule has 0 amide bonds. The lowest BCUT2D eigenvalue weighted by Crippen LogP contribution is -2.34. The van der Waals surface area contributed by atoms with Crippen molar-refractivity contribution in [1.82, 2.24) is 4.90 Å². The van der Waals surface area contributed by atoms with Gasteiger partial charge in [-0.25, -0.2) is 0 Å². The van der Waals surface area contributed by atoms with Crippen molar-refractivity contribution in [1.29, 1.82) is 0 Å². The number of ether oxygens (including phenoxy) is 2. The SMILES string of the molecule is COc1ccc(OCC(C)N2CCCC2)c(Br)c1. The molecule has 2 rings (SSSR count). The monoisotopic (exact) mass is 313 g/mol. The second-order valence-corrected chi connectivity index (χ2v) is 5.55. The third-order valence-corrected chi connectivity index (χ3v) is 4.00. The van der Waals surface area contributed by atoms with Gasteiger partial charge in [0.25, 0.3) is 0 Å². The maximum Gasteiger partial charge on any atom is 0.133 e. The highest BCUT2D eigenvalue weighted by molar-refractivity contribution is 9.10. The van der Waals surface area contributed by atoms with Gasteiger partial charge in [0.1, 0.15) is 18.1 Å². The summed E-state index contributed by atoms with van der Waals surface area (Å²) in [5.41, 5.74) is 0. The summed E-state index contributed by atoms with van der Waals surface area (Å²) in [6.07, 6.45) is 2.63. The van der Waals surface area contributed by atoms with E-state index in [-0.39, 0.29) is 0 Å². The third kappa shape index (κ3) is 3.39. The quantitative estimate of drug-likeness (QED) is 0.832. The van der Waals surface area contributed by atoms with Gasteiger partial charge in [0, 0.05) is 6.04 Å². The molecule has 0 bridgehead atoms. The van der Waals surface area contributed by atoms with Gasteiger partial charge >= 0.3 is 0 Å². The highest BCUT2D eigenvalue weighted by Crippen LogP contribution is 2.29. The number of nitrogens with zero attached hydrogens (tertiary/aromatic N) is 1. The fourth-order valence-corrected chi connectivity index (χ4v) is 2.70. The molecule has 0 radical (unpaired) electrons. The molecule has 1 aliphatic heterocycles. The Morgan fingerprint density at radius 2 is 2.06 bits per heavy atom. The Bertz CT molecular complexity index is 391. The molecule has 3 nitrogen and oxygen atoms in total. The zero-order valence-corrected chi connectivity index (χ0v) is 12.6. The van der Waals surface area contributed by atoms with Crippen molar-refractivity contribution < 1.29 is 9.47 Å². The van der Waals surface area contributed by atoms with Crippen molar-refractivity contribution in [2.75, 3.05) is 26.8 Å². The molecule has 1 unspecified atom stereocenters. The molecule has 1 fully saturated rings. The summed E-state index contributed by atoms with van der Waals surface area (Å²) in [6, 6.07) is 6.26. The van der Waals surface area contributed by atoms with E-state index in [2.05, 4.69) is 27.8 Å². The van der Waals surface area contributed by atoms with Gasteiger partial charge in [0.05, 0.1) is 11.6 Å². The van der Waals surface area contributed by atoms with Crippen LogP contribution in [0.4, 0.5) is 0 Å². The van der Waals surface area contributed by atoms with Gasteiger partial charge in [-0.3, -0.25) is 4.90 Å². The summed E-state index contributed by atoms with van der Waals surface area (Å²) in [6.45, 7) is 5.36. The average molecular weight is 314 g/mol. The molecule has 0 N–H and O–H groups in total. The zero-order valence-electron chi connectivity index (χ0n) is 11.0. The van der Waals surface area contributed by atoms with Gasteiger partial charge in [-0.15, -0.1) is 0 Å². The molecule has 0 saturated carbocycles. The molecule has 1 aromatic carbocycles. The normalized spacial score (nSPS) is 17.7. The molecule has 0 aromatic heterocycles. The van der Waals surface area contributed by atoms with Crippen LogP contribution in [0.3, 0.4) is 0 Å². The van der Waals surface area contributed by atoms with Crippen molar-refractivity contribution >= 4 is 15.9 Å². The summed E-state index contributed by atoms with van der Waals surface area (Å²) in [5.74, 6) is 1.71. The van der Waals surface area contributed by atoms with Crippen molar-refractivity contribution in [2.45, 2.75) is 25.8 Å². The van der Waals surface area contributed by atoms with E-state index in [9.17, 15) is 0 Å². The van der Waals surface area contributed by atoms with Crippen LogP contribution in [0.15, 0.2) is 22.7 Å². The van der Waals surface area contributed by atoms with Crippen molar-refractivity contribution in [3.05, 3.63) is 22.7 Å². The van der Waals surface area contributed by atoms with Crippen LogP contribution in [0.5, 0.6) is 11.5 Å². The van der Waals surface area contributed by atoms with Crippen LogP contribution in [0.1, 0.15) is 19.8 Å². The molecule has 18 heavy (non-hydrogen) atoms. The van der Waals surface area contributed by atoms with Crippen LogP contribution in [0, 0.1) is 0 Å². The Morgan fingerprint density at radius 1 is 1.33 bits per heavy atom. The number of benzene rings is 1. The largest absolute Gasteiger partial charge is 0.497 e. The van der Waals surface area contributed by atoms with Crippen molar-refractivity contribution in [3.63, 3.8) is 0 Å². The van der Waals surface area contributed by atoms with Gasteiger partial charge in [-0.2, -0.15) is 0 Å². The lowest BCUT2D eigenvalue weighted by atomic mass is 10.3. The third-order valence-electron chi connectivity index (χ3n) is 3.38. The van der Waals surface area contributed by atoms with E-state index in [1.165, 1.54) is 25.9 Å². The number of likely N-dealkylation sites (tertiary alicyclic amines) is 1. The van der Waals surface area contributed by atoms with E-state index >= 15 is 0 Å². The van der Waals surface area contributed by atoms with Gasteiger partial charge < -0.3 is 9.47 Å². The van der Waals surface area contributed by atoms with E-state index in [1.54, 1.807) is 7.11 Å². The summed E-state index contributed by atoms with van der Waals surface area (Å²) < 4.78 is 12.0. The molecule has 100 valence electrons. The van der Waals surface area contributed by atoms with Crippen LogP contribution in [-0.4, -0.2) is 37.7 Å². The highest BCUT2D eigenvalue weighted by Gasteiger charge is 2.18. The molecule has 1 aliphatic rings. The molecule has 1 aromatic rings. The zero-order chi connectivity index (χ0) is 13.0. The van der Waals surface area contributed by atoms with Gasteiger partial charge in [-0.05, 0) is 67.0 Å². The van der Waals surface area contributed by atoms with E-state index < -0.39 is 0 Å². The topological polar surface area (TPSA) is 21.7 Å². The minimum Gasteiger partial charge on any atom is -0.497 e. The van der Waals surface area contributed by atoms with Crippen molar-refractivity contribution in [2.24, 2.45) is 0 Å². The second-order valence-electron chi connectivity index (χ2n) is 4.70.